The van der Waals surface area contributed by atoms with Crippen molar-refractivity contribution in [3.63, 3.8) is 0 Å². The van der Waals surface area contributed by atoms with Gasteiger partial charge in [0.1, 0.15) is 0 Å². The van der Waals surface area contributed by atoms with Gasteiger partial charge >= 0.3 is 13.6 Å². The maximum atomic E-state index is 12.4. The van der Waals surface area contributed by atoms with Crippen molar-refractivity contribution in [2.45, 2.75) is 44.7 Å². The molecular weight excluding hydrogens is 291 g/mol. The van der Waals surface area contributed by atoms with Crippen molar-refractivity contribution in [3.8, 4) is 0 Å². The third-order valence-electron chi connectivity index (χ3n) is 3.87. The van der Waals surface area contributed by atoms with Crippen LogP contribution in [0.5, 0.6) is 0 Å². The molecule has 1 aromatic rings. The Balaban J connectivity index is 3.47. The molecule has 0 radical (unpaired) electrons. The van der Waals surface area contributed by atoms with E-state index < -0.39 is 24.6 Å². The van der Waals surface area contributed by atoms with Crippen LogP contribution < -0.4 is 0 Å². The second-order valence-corrected chi connectivity index (χ2v) is 6.80. The van der Waals surface area contributed by atoms with Gasteiger partial charge in [0.15, 0.2) is 5.16 Å². The summed E-state index contributed by atoms with van der Waals surface area (Å²) in [5, 5.41) is -1.83. The quantitative estimate of drug-likeness (QED) is 0.597. The lowest BCUT2D eigenvalue weighted by molar-refractivity contribution is -0.148. The van der Waals surface area contributed by atoms with Crippen LogP contribution in [0.4, 0.5) is 0 Å². The van der Waals surface area contributed by atoms with Crippen LogP contribution in [0, 0.1) is 0 Å². The minimum absolute atomic E-state index is 0.0174. The minimum atomic E-state index is -4.71. The van der Waals surface area contributed by atoms with E-state index in [0.29, 0.717) is 6.42 Å². The number of benzene rings is 1. The van der Waals surface area contributed by atoms with Gasteiger partial charge in [-0.15, -0.1) is 0 Å². The van der Waals surface area contributed by atoms with E-state index in [1.165, 1.54) is 0 Å². The normalized spacial score (nSPS) is 16.0. The molecule has 0 amide bonds. The zero-order valence-electron chi connectivity index (χ0n) is 12.7. The first-order chi connectivity index (χ1) is 9.85. The number of carbonyl (C=O) groups excluding carboxylic acids is 1. The van der Waals surface area contributed by atoms with E-state index >= 15 is 0 Å². The van der Waals surface area contributed by atoms with Crippen LogP contribution in [0.15, 0.2) is 30.3 Å². The van der Waals surface area contributed by atoms with Crippen LogP contribution in [0.1, 0.15) is 45.1 Å². The first-order valence-corrected chi connectivity index (χ1v) is 8.74. The number of hydrogen-bond acceptors (Lipinski definition) is 3. The van der Waals surface area contributed by atoms with E-state index in [1.807, 2.05) is 13.0 Å². The highest BCUT2D eigenvalue weighted by Gasteiger charge is 2.58. The van der Waals surface area contributed by atoms with Gasteiger partial charge in [-0.05, 0) is 25.3 Å². The Morgan fingerprint density at radius 2 is 1.81 bits per heavy atom. The van der Waals surface area contributed by atoms with Gasteiger partial charge in [-0.25, -0.2) is 0 Å². The molecule has 2 unspecified atom stereocenters. The first kappa shape index (κ1) is 17.9. The molecule has 1 rings (SSSR count). The molecule has 0 aliphatic heterocycles. The summed E-state index contributed by atoms with van der Waals surface area (Å²) in [6.07, 6.45) is 0.450. The van der Waals surface area contributed by atoms with Crippen molar-refractivity contribution in [3.05, 3.63) is 35.9 Å². The van der Waals surface area contributed by atoms with Crippen molar-refractivity contribution in [1.82, 2.24) is 0 Å². The summed E-state index contributed by atoms with van der Waals surface area (Å²) in [6, 6.07) is 8.99. The molecule has 1 aromatic carbocycles. The van der Waals surface area contributed by atoms with E-state index in [2.05, 4.69) is 0 Å². The highest BCUT2D eigenvalue weighted by molar-refractivity contribution is 7.54. The molecule has 2 atom stereocenters. The largest absolute Gasteiger partial charge is 0.465 e. The molecule has 0 aliphatic carbocycles. The summed E-state index contributed by atoms with van der Waals surface area (Å²) < 4.78 is 17.2. The van der Waals surface area contributed by atoms with Gasteiger partial charge in [0.2, 0.25) is 0 Å². The van der Waals surface area contributed by atoms with Gasteiger partial charge in [0.25, 0.3) is 0 Å². The molecular formula is C15H23O5P. The molecule has 0 fully saturated rings. The van der Waals surface area contributed by atoms with Crippen molar-refractivity contribution < 1.29 is 23.9 Å². The molecule has 0 heterocycles. The van der Waals surface area contributed by atoms with E-state index in [1.54, 1.807) is 38.1 Å². The lowest BCUT2D eigenvalue weighted by atomic mass is 9.81. The lowest BCUT2D eigenvalue weighted by Gasteiger charge is -2.37. The summed E-state index contributed by atoms with van der Waals surface area (Å²) in [6.45, 7) is 5.14. The van der Waals surface area contributed by atoms with Crippen molar-refractivity contribution in [2.75, 3.05) is 6.61 Å². The van der Waals surface area contributed by atoms with Crippen LogP contribution in [-0.4, -0.2) is 27.5 Å². The Hall–Kier alpha value is -1.16. The molecule has 2 N–H and O–H groups in total. The summed E-state index contributed by atoms with van der Waals surface area (Å²) in [7, 11) is -4.71. The van der Waals surface area contributed by atoms with Crippen molar-refractivity contribution in [1.29, 1.82) is 0 Å². The number of ether oxygens (including phenoxy) is 1. The Kier molecular flexibility index (Phi) is 6.14. The Bertz CT molecular complexity index is 510. The van der Waals surface area contributed by atoms with E-state index in [9.17, 15) is 19.1 Å². The smallest absolute Gasteiger partial charge is 0.343 e. The second-order valence-electron chi connectivity index (χ2n) is 4.91. The van der Waals surface area contributed by atoms with E-state index in [-0.39, 0.29) is 13.0 Å². The van der Waals surface area contributed by atoms with E-state index in [0.717, 1.165) is 5.56 Å². The molecule has 0 aromatic heterocycles. The van der Waals surface area contributed by atoms with Crippen LogP contribution in [0.2, 0.25) is 0 Å². The first-order valence-electron chi connectivity index (χ1n) is 7.12. The highest BCUT2D eigenvalue weighted by Crippen LogP contribution is 2.60. The zero-order valence-corrected chi connectivity index (χ0v) is 13.5. The number of esters is 1. The topological polar surface area (TPSA) is 83.8 Å². The minimum Gasteiger partial charge on any atom is -0.465 e. The van der Waals surface area contributed by atoms with Crippen LogP contribution >= 0.6 is 7.60 Å². The van der Waals surface area contributed by atoms with Gasteiger partial charge in [0, 0.05) is 5.92 Å². The zero-order chi connectivity index (χ0) is 16.1. The average Bonchev–Trinajstić information content (AvgIpc) is 2.44. The third kappa shape index (κ3) is 3.37. The molecule has 21 heavy (non-hydrogen) atoms. The van der Waals surface area contributed by atoms with Crippen molar-refractivity contribution in [2.24, 2.45) is 0 Å². The highest BCUT2D eigenvalue weighted by atomic mass is 31.2. The van der Waals surface area contributed by atoms with Gasteiger partial charge in [-0.1, -0.05) is 44.2 Å². The van der Waals surface area contributed by atoms with E-state index in [4.69, 9.17) is 4.74 Å². The van der Waals surface area contributed by atoms with Gasteiger partial charge in [0.05, 0.1) is 6.61 Å². The maximum Gasteiger partial charge on any atom is 0.343 e. The molecule has 0 saturated carbocycles. The third-order valence-corrected chi connectivity index (χ3v) is 5.72. The fourth-order valence-electron chi connectivity index (χ4n) is 2.85. The van der Waals surface area contributed by atoms with Crippen molar-refractivity contribution >= 4 is 13.6 Å². The summed E-state index contributed by atoms with van der Waals surface area (Å²) in [5.41, 5.74) is 0.734. The van der Waals surface area contributed by atoms with Crippen LogP contribution in [0.25, 0.3) is 0 Å². The fourth-order valence-corrected chi connectivity index (χ4v) is 4.30. The van der Waals surface area contributed by atoms with Gasteiger partial charge in [-0.3, -0.25) is 9.36 Å². The monoisotopic (exact) mass is 314 g/mol. The van der Waals surface area contributed by atoms with Crippen LogP contribution in [-0.2, 0) is 14.1 Å². The Morgan fingerprint density at radius 1 is 1.24 bits per heavy atom. The molecule has 0 saturated heterocycles. The molecule has 0 spiro atoms. The SMILES string of the molecule is CCOC(=O)C(CC)(C(CC)c1ccccc1)P(=O)(O)O. The summed E-state index contributed by atoms with van der Waals surface area (Å²) in [4.78, 5) is 32.2. The molecule has 6 heteroatoms. The Labute approximate surface area is 125 Å². The average molecular weight is 314 g/mol. The van der Waals surface area contributed by atoms with Crippen LogP contribution in [0.3, 0.4) is 0 Å². The fraction of sp³-hybridized carbons (Fsp3) is 0.533. The summed E-state index contributed by atoms with van der Waals surface area (Å²) >= 11 is 0. The number of rotatable bonds is 7. The maximum absolute atomic E-state index is 12.4. The molecule has 0 aliphatic rings. The van der Waals surface area contributed by atoms with Gasteiger partial charge < -0.3 is 14.5 Å². The molecule has 5 nitrogen and oxygen atoms in total. The Morgan fingerprint density at radius 3 is 2.19 bits per heavy atom. The number of hydrogen-bond donors (Lipinski definition) is 2. The standard InChI is InChI=1S/C15H23O5P/c1-4-13(12-10-8-7-9-11-12)15(5-2,21(17,18)19)14(16)20-6-3/h7-11,13H,4-6H2,1-3H3,(H2,17,18,19). The number of carbonyl (C=O) groups is 1. The molecule has 0 bridgehead atoms. The lowest BCUT2D eigenvalue weighted by Crippen LogP contribution is -2.45. The second kappa shape index (κ2) is 7.21. The summed E-state index contributed by atoms with van der Waals surface area (Å²) in [5.74, 6) is -1.42. The predicted octanol–water partition coefficient (Wildman–Crippen LogP) is 3.07. The molecule has 118 valence electrons. The van der Waals surface area contributed by atoms with Gasteiger partial charge in [-0.2, -0.15) is 0 Å². The predicted molar refractivity (Wildman–Crippen MR) is 81.2 cm³/mol.